The molecule has 18 heavy (non-hydrogen) atoms. The van der Waals surface area contributed by atoms with E-state index >= 15 is 0 Å². The molecule has 0 saturated carbocycles. The van der Waals surface area contributed by atoms with Crippen LogP contribution in [0.3, 0.4) is 0 Å². The van der Waals surface area contributed by atoms with Crippen LogP contribution in [0.1, 0.15) is 11.1 Å². The fourth-order valence-electron chi connectivity index (χ4n) is 1.52. The second-order valence-corrected chi connectivity index (χ2v) is 4.24. The fraction of sp³-hybridized carbons (Fsp3) is 0.250. The van der Waals surface area contributed by atoms with Crippen LogP contribution in [-0.4, -0.2) is 14.1 Å². The zero-order valence-corrected chi connectivity index (χ0v) is 11.6. The molecule has 2 rings (SSSR count). The van der Waals surface area contributed by atoms with Gasteiger partial charge in [0.25, 0.3) is 0 Å². The molecule has 0 unspecified atom stereocenters. The van der Waals surface area contributed by atoms with Crippen molar-refractivity contribution in [1.29, 1.82) is 0 Å². The van der Waals surface area contributed by atoms with Gasteiger partial charge in [0.05, 0.1) is 0 Å². The van der Waals surface area contributed by atoms with E-state index in [1.165, 1.54) is 22.5 Å². The van der Waals surface area contributed by atoms with Crippen molar-refractivity contribution in [2.75, 3.05) is 24.7 Å². The molecule has 0 saturated heterocycles. The Hall–Kier alpha value is -1.96. The van der Waals surface area contributed by atoms with Gasteiger partial charge in [-0.3, -0.25) is 0 Å². The first-order valence-electron chi connectivity index (χ1n) is 6.14. The van der Waals surface area contributed by atoms with Crippen molar-refractivity contribution in [3.05, 3.63) is 59.7 Å². The van der Waals surface area contributed by atoms with E-state index in [2.05, 4.69) is 60.9 Å². The summed E-state index contributed by atoms with van der Waals surface area (Å²) in [5.41, 5.74) is 4.94. The normalized spacial score (nSPS) is 9.11. The summed E-state index contributed by atoms with van der Waals surface area (Å²) in [6, 6.07) is 16.6. The van der Waals surface area contributed by atoms with Gasteiger partial charge in [-0.2, -0.15) is 0 Å². The summed E-state index contributed by atoms with van der Waals surface area (Å²) in [6.45, 7) is 4.17. The highest BCUT2D eigenvalue weighted by atomic mass is 14.8. The van der Waals surface area contributed by atoms with Crippen molar-refractivity contribution >= 4 is 11.4 Å². The SMILES string of the molecule is CNc1ccc(C)cc1.CNc1cccc(C)c1. The van der Waals surface area contributed by atoms with Gasteiger partial charge in [0, 0.05) is 25.5 Å². The molecule has 2 aromatic rings. The second-order valence-electron chi connectivity index (χ2n) is 4.24. The Kier molecular flexibility index (Phi) is 5.78. The van der Waals surface area contributed by atoms with Crippen molar-refractivity contribution in [1.82, 2.24) is 0 Å². The zero-order chi connectivity index (χ0) is 13.4. The maximum absolute atomic E-state index is 3.07. The van der Waals surface area contributed by atoms with Gasteiger partial charge in [-0.1, -0.05) is 29.8 Å². The van der Waals surface area contributed by atoms with E-state index in [-0.39, 0.29) is 0 Å². The average molecular weight is 242 g/mol. The summed E-state index contributed by atoms with van der Waals surface area (Å²) in [4.78, 5) is 0. The maximum atomic E-state index is 3.07. The third-order valence-corrected chi connectivity index (χ3v) is 2.65. The van der Waals surface area contributed by atoms with Crippen LogP contribution in [0, 0.1) is 13.8 Å². The summed E-state index contributed by atoms with van der Waals surface area (Å²) >= 11 is 0. The van der Waals surface area contributed by atoms with Crippen molar-refractivity contribution in [2.24, 2.45) is 0 Å². The van der Waals surface area contributed by atoms with E-state index in [0.717, 1.165) is 0 Å². The minimum atomic E-state index is 1.17. The Morgan fingerprint density at radius 3 is 1.72 bits per heavy atom. The van der Waals surface area contributed by atoms with Crippen molar-refractivity contribution in [3.63, 3.8) is 0 Å². The highest BCUT2D eigenvalue weighted by Gasteiger charge is 1.85. The minimum absolute atomic E-state index is 1.17. The van der Waals surface area contributed by atoms with Gasteiger partial charge in [-0.05, 0) is 43.7 Å². The van der Waals surface area contributed by atoms with E-state index in [1.54, 1.807) is 0 Å². The third kappa shape index (κ3) is 4.91. The van der Waals surface area contributed by atoms with Gasteiger partial charge in [-0.15, -0.1) is 0 Å². The third-order valence-electron chi connectivity index (χ3n) is 2.65. The van der Waals surface area contributed by atoms with Gasteiger partial charge in [0.15, 0.2) is 0 Å². The van der Waals surface area contributed by atoms with Gasteiger partial charge >= 0.3 is 0 Å². The van der Waals surface area contributed by atoms with Gasteiger partial charge in [-0.25, -0.2) is 0 Å². The lowest BCUT2D eigenvalue weighted by atomic mass is 10.2. The van der Waals surface area contributed by atoms with Crippen LogP contribution in [0.2, 0.25) is 0 Å². The number of anilines is 2. The summed E-state index contributed by atoms with van der Waals surface area (Å²) in [7, 11) is 3.85. The van der Waals surface area contributed by atoms with Crippen molar-refractivity contribution in [2.45, 2.75) is 13.8 Å². The topological polar surface area (TPSA) is 24.1 Å². The lowest BCUT2D eigenvalue weighted by Crippen LogP contribution is -1.86. The quantitative estimate of drug-likeness (QED) is 0.829. The van der Waals surface area contributed by atoms with Gasteiger partial charge in [0.2, 0.25) is 0 Å². The summed E-state index contributed by atoms with van der Waals surface area (Å²) < 4.78 is 0. The van der Waals surface area contributed by atoms with Crippen LogP contribution in [0.15, 0.2) is 48.5 Å². The standard InChI is InChI=1S/2C8H11N/c1-7-3-5-8(9-2)6-4-7;1-7-4-3-5-8(6-7)9-2/h2*3-6,9H,1-2H3. The molecule has 0 aliphatic heterocycles. The van der Waals surface area contributed by atoms with Crippen LogP contribution in [0.4, 0.5) is 11.4 Å². The Labute approximate surface area is 110 Å². The number of rotatable bonds is 2. The van der Waals surface area contributed by atoms with Gasteiger partial charge in [0.1, 0.15) is 0 Å². The lowest BCUT2D eigenvalue weighted by Gasteiger charge is -1.98. The molecule has 2 N–H and O–H groups in total. The molecule has 0 heterocycles. The molecule has 0 spiro atoms. The summed E-state index contributed by atoms with van der Waals surface area (Å²) in [5.74, 6) is 0. The molecular weight excluding hydrogens is 220 g/mol. The fourth-order valence-corrected chi connectivity index (χ4v) is 1.52. The molecule has 0 aliphatic rings. The van der Waals surface area contributed by atoms with Crippen LogP contribution in [-0.2, 0) is 0 Å². The summed E-state index contributed by atoms with van der Waals surface area (Å²) in [5, 5.41) is 6.12. The zero-order valence-electron chi connectivity index (χ0n) is 11.6. The van der Waals surface area contributed by atoms with Crippen molar-refractivity contribution in [3.8, 4) is 0 Å². The first-order chi connectivity index (χ1) is 8.65. The number of benzene rings is 2. The first-order valence-corrected chi connectivity index (χ1v) is 6.14. The van der Waals surface area contributed by atoms with Crippen molar-refractivity contribution < 1.29 is 0 Å². The average Bonchev–Trinajstić information content (AvgIpc) is 2.40. The van der Waals surface area contributed by atoms with Crippen LogP contribution >= 0.6 is 0 Å². The Bertz CT molecular complexity index is 461. The predicted octanol–water partition coefficient (Wildman–Crippen LogP) is 4.07. The lowest BCUT2D eigenvalue weighted by molar-refractivity contribution is 1.43. The number of hydrogen-bond donors (Lipinski definition) is 2. The Morgan fingerprint density at radius 1 is 0.667 bits per heavy atom. The maximum Gasteiger partial charge on any atom is 0.0340 e. The highest BCUT2D eigenvalue weighted by molar-refractivity contribution is 5.44. The molecule has 0 amide bonds. The molecule has 0 bridgehead atoms. The van der Waals surface area contributed by atoms with E-state index in [0.29, 0.717) is 0 Å². The number of nitrogens with one attached hydrogen (secondary N) is 2. The molecule has 2 heteroatoms. The van der Waals surface area contributed by atoms with Crippen LogP contribution in [0.5, 0.6) is 0 Å². The molecule has 0 aliphatic carbocycles. The molecule has 0 aromatic heterocycles. The summed E-state index contributed by atoms with van der Waals surface area (Å²) in [6.07, 6.45) is 0. The molecule has 2 aromatic carbocycles. The second kappa shape index (κ2) is 7.38. The van der Waals surface area contributed by atoms with E-state index in [4.69, 9.17) is 0 Å². The minimum Gasteiger partial charge on any atom is -0.388 e. The highest BCUT2D eigenvalue weighted by Crippen LogP contribution is 2.07. The molecule has 96 valence electrons. The molecule has 0 radical (unpaired) electrons. The smallest absolute Gasteiger partial charge is 0.0340 e. The van der Waals surface area contributed by atoms with E-state index in [9.17, 15) is 0 Å². The van der Waals surface area contributed by atoms with Gasteiger partial charge < -0.3 is 10.6 Å². The monoisotopic (exact) mass is 242 g/mol. The molecule has 0 fully saturated rings. The Balaban J connectivity index is 0.000000180. The molecule has 0 atom stereocenters. The Morgan fingerprint density at radius 2 is 1.28 bits per heavy atom. The van der Waals surface area contributed by atoms with E-state index in [1.807, 2.05) is 26.2 Å². The number of hydrogen-bond acceptors (Lipinski definition) is 2. The van der Waals surface area contributed by atoms with E-state index < -0.39 is 0 Å². The number of aryl methyl sites for hydroxylation is 2. The van der Waals surface area contributed by atoms with Crippen LogP contribution in [0.25, 0.3) is 0 Å². The predicted molar refractivity (Wildman–Crippen MR) is 81.5 cm³/mol. The molecule has 2 nitrogen and oxygen atoms in total. The molecular formula is C16H22N2. The van der Waals surface area contributed by atoms with Crippen LogP contribution < -0.4 is 10.6 Å². The first kappa shape index (κ1) is 14.1. The largest absolute Gasteiger partial charge is 0.388 e.